The number of rotatable bonds is 2. The number of para-hydroxylation sites is 2. The fraction of sp³-hybridized carbons (Fsp3) is 0.333. The van der Waals surface area contributed by atoms with E-state index in [-0.39, 0.29) is 0 Å². The van der Waals surface area contributed by atoms with E-state index in [4.69, 9.17) is 4.98 Å². The summed E-state index contributed by atoms with van der Waals surface area (Å²) in [6.45, 7) is 2.84. The Morgan fingerprint density at radius 3 is 2.74 bits per heavy atom. The summed E-state index contributed by atoms with van der Waals surface area (Å²) in [5, 5.41) is 9.46. The van der Waals surface area contributed by atoms with Gasteiger partial charge in [-0.05, 0) is 43.0 Å². The van der Waals surface area contributed by atoms with Gasteiger partial charge in [-0.1, -0.05) is 12.1 Å². The van der Waals surface area contributed by atoms with Gasteiger partial charge in [-0.15, -0.1) is 0 Å². The third-order valence-electron chi connectivity index (χ3n) is 5.80. The van der Waals surface area contributed by atoms with E-state index in [1.54, 1.807) is 6.20 Å². The second-order valence-corrected chi connectivity index (χ2v) is 7.25. The summed E-state index contributed by atoms with van der Waals surface area (Å²) < 4.78 is 0. The third kappa shape index (κ3) is 2.76. The number of aromatic nitrogens is 3. The normalized spacial score (nSPS) is 21.9. The van der Waals surface area contributed by atoms with E-state index >= 15 is 0 Å². The molecule has 2 fully saturated rings. The molecule has 27 heavy (non-hydrogen) atoms. The quantitative estimate of drug-likeness (QED) is 0.703. The van der Waals surface area contributed by atoms with E-state index in [2.05, 4.69) is 25.8 Å². The SMILES string of the molecule is N#Cc1cccnc1N1CCC2CCN(c3cnc4ccccc4n3)CC21. The molecule has 1 aromatic carbocycles. The first-order valence-electron chi connectivity index (χ1n) is 9.42. The van der Waals surface area contributed by atoms with Crippen LogP contribution in [0.4, 0.5) is 11.6 Å². The van der Waals surface area contributed by atoms with E-state index in [0.29, 0.717) is 17.5 Å². The first kappa shape index (κ1) is 16.0. The van der Waals surface area contributed by atoms with Crippen molar-refractivity contribution in [2.75, 3.05) is 29.4 Å². The van der Waals surface area contributed by atoms with Crippen molar-refractivity contribution in [3.8, 4) is 6.07 Å². The molecule has 0 bridgehead atoms. The Bertz CT molecular complexity index is 1030. The van der Waals surface area contributed by atoms with Crippen LogP contribution in [0.3, 0.4) is 0 Å². The highest BCUT2D eigenvalue weighted by Gasteiger charge is 2.40. The average Bonchev–Trinajstić information content (AvgIpc) is 3.16. The molecule has 0 N–H and O–H groups in total. The number of hydrogen-bond acceptors (Lipinski definition) is 6. The van der Waals surface area contributed by atoms with Crippen LogP contribution in [0.1, 0.15) is 18.4 Å². The summed E-state index contributed by atoms with van der Waals surface area (Å²) in [6.07, 6.45) is 5.94. The summed E-state index contributed by atoms with van der Waals surface area (Å²) in [6, 6.07) is 14.3. The maximum absolute atomic E-state index is 9.46. The van der Waals surface area contributed by atoms with Crippen molar-refractivity contribution in [2.45, 2.75) is 18.9 Å². The zero-order valence-corrected chi connectivity index (χ0v) is 15.0. The molecule has 2 saturated heterocycles. The standard InChI is InChI=1S/C21H20N6/c22-12-16-4-3-9-23-21(16)27-11-8-15-7-10-26(14-19(15)27)20-13-24-17-5-1-2-6-18(17)25-20/h1-6,9,13,15,19H,7-8,10-11,14H2. The van der Waals surface area contributed by atoms with Crippen LogP contribution in [0.2, 0.25) is 0 Å². The van der Waals surface area contributed by atoms with Crippen LogP contribution < -0.4 is 9.80 Å². The molecule has 6 nitrogen and oxygen atoms in total. The van der Waals surface area contributed by atoms with Crippen LogP contribution in [0.15, 0.2) is 48.8 Å². The van der Waals surface area contributed by atoms with Crippen molar-refractivity contribution in [3.05, 3.63) is 54.4 Å². The minimum absolute atomic E-state index is 0.356. The van der Waals surface area contributed by atoms with Gasteiger partial charge in [0.2, 0.25) is 0 Å². The van der Waals surface area contributed by atoms with Crippen LogP contribution >= 0.6 is 0 Å². The fourth-order valence-electron chi connectivity index (χ4n) is 4.42. The average molecular weight is 356 g/mol. The molecule has 0 radical (unpaired) electrons. The van der Waals surface area contributed by atoms with Crippen LogP contribution in [0.5, 0.6) is 0 Å². The Balaban J connectivity index is 1.44. The van der Waals surface area contributed by atoms with Gasteiger partial charge >= 0.3 is 0 Å². The molecule has 6 heteroatoms. The van der Waals surface area contributed by atoms with Gasteiger partial charge < -0.3 is 9.80 Å². The van der Waals surface area contributed by atoms with Crippen molar-refractivity contribution in [3.63, 3.8) is 0 Å². The monoisotopic (exact) mass is 356 g/mol. The zero-order valence-electron chi connectivity index (χ0n) is 15.0. The first-order valence-corrected chi connectivity index (χ1v) is 9.42. The smallest absolute Gasteiger partial charge is 0.147 e. The van der Waals surface area contributed by atoms with Gasteiger partial charge in [0.1, 0.15) is 17.7 Å². The molecular formula is C21H20N6. The first-order chi connectivity index (χ1) is 13.3. The van der Waals surface area contributed by atoms with Crippen molar-refractivity contribution in [1.29, 1.82) is 5.26 Å². The van der Waals surface area contributed by atoms with Gasteiger partial charge in [-0.3, -0.25) is 4.98 Å². The number of nitrogens with zero attached hydrogens (tertiary/aromatic N) is 6. The van der Waals surface area contributed by atoms with Gasteiger partial charge in [0, 0.05) is 25.8 Å². The Hall–Kier alpha value is -3.20. The van der Waals surface area contributed by atoms with E-state index in [1.807, 2.05) is 42.6 Å². The number of benzene rings is 1. The van der Waals surface area contributed by atoms with Crippen LogP contribution in [0.25, 0.3) is 11.0 Å². The summed E-state index contributed by atoms with van der Waals surface area (Å²) in [5.74, 6) is 2.39. The lowest BCUT2D eigenvalue weighted by Crippen LogP contribution is -2.49. The number of nitriles is 1. The molecule has 2 aliphatic rings. The summed E-state index contributed by atoms with van der Waals surface area (Å²) in [4.78, 5) is 18.6. The number of anilines is 2. The molecule has 2 unspecified atom stereocenters. The maximum Gasteiger partial charge on any atom is 0.147 e. The molecule has 5 rings (SSSR count). The van der Waals surface area contributed by atoms with E-state index in [9.17, 15) is 5.26 Å². The van der Waals surface area contributed by atoms with Crippen molar-refractivity contribution >= 4 is 22.7 Å². The summed E-state index contributed by atoms with van der Waals surface area (Å²) >= 11 is 0. The Morgan fingerprint density at radius 2 is 1.85 bits per heavy atom. The molecule has 2 atom stereocenters. The molecule has 0 aliphatic carbocycles. The lowest BCUT2D eigenvalue weighted by molar-refractivity contribution is 0.388. The number of pyridine rings is 1. The molecule has 3 aromatic rings. The predicted molar refractivity (Wildman–Crippen MR) is 105 cm³/mol. The molecule has 0 spiro atoms. The molecule has 0 saturated carbocycles. The van der Waals surface area contributed by atoms with Gasteiger partial charge in [-0.25, -0.2) is 9.97 Å². The molecule has 0 amide bonds. The number of fused-ring (bicyclic) bond motifs is 2. The van der Waals surface area contributed by atoms with E-state index in [1.165, 1.54) is 0 Å². The van der Waals surface area contributed by atoms with Crippen LogP contribution in [0, 0.1) is 17.2 Å². The van der Waals surface area contributed by atoms with Crippen LogP contribution in [-0.4, -0.2) is 40.6 Å². The molecule has 2 aromatic heterocycles. The number of hydrogen-bond donors (Lipinski definition) is 0. The highest BCUT2D eigenvalue weighted by molar-refractivity contribution is 5.75. The third-order valence-corrected chi connectivity index (χ3v) is 5.80. The summed E-state index contributed by atoms with van der Waals surface area (Å²) in [5.41, 5.74) is 2.50. The Labute approximate surface area is 158 Å². The van der Waals surface area contributed by atoms with E-state index < -0.39 is 0 Å². The predicted octanol–water partition coefficient (Wildman–Crippen LogP) is 3.00. The molecule has 2 aliphatic heterocycles. The Morgan fingerprint density at radius 1 is 1.00 bits per heavy atom. The topological polar surface area (TPSA) is 68.9 Å². The largest absolute Gasteiger partial charge is 0.353 e. The lowest BCUT2D eigenvalue weighted by atomic mass is 9.92. The highest BCUT2D eigenvalue weighted by Crippen LogP contribution is 2.36. The summed E-state index contributed by atoms with van der Waals surface area (Å²) in [7, 11) is 0. The van der Waals surface area contributed by atoms with E-state index in [0.717, 1.165) is 55.1 Å². The second-order valence-electron chi connectivity index (χ2n) is 7.25. The second kappa shape index (κ2) is 6.51. The van der Waals surface area contributed by atoms with Crippen molar-refractivity contribution in [2.24, 2.45) is 5.92 Å². The minimum Gasteiger partial charge on any atom is -0.353 e. The zero-order chi connectivity index (χ0) is 18.2. The fourth-order valence-corrected chi connectivity index (χ4v) is 4.42. The maximum atomic E-state index is 9.46. The van der Waals surface area contributed by atoms with Gasteiger partial charge in [-0.2, -0.15) is 5.26 Å². The molecule has 134 valence electrons. The number of piperidine rings is 1. The Kier molecular flexibility index (Phi) is 3.86. The van der Waals surface area contributed by atoms with Crippen LogP contribution in [-0.2, 0) is 0 Å². The van der Waals surface area contributed by atoms with Gasteiger partial charge in [0.05, 0.1) is 28.8 Å². The molecule has 4 heterocycles. The van der Waals surface area contributed by atoms with Gasteiger partial charge in [0.15, 0.2) is 0 Å². The highest BCUT2D eigenvalue weighted by atomic mass is 15.3. The van der Waals surface area contributed by atoms with Crippen molar-refractivity contribution < 1.29 is 0 Å². The van der Waals surface area contributed by atoms with Gasteiger partial charge in [0.25, 0.3) is 0 Å². The minimum atomic E-state index is 0.356. The van der Waals surface area contributed by atoms with Crippen molar-refractivity contribution in [1.82, 2.24) is 15.0 Å². The molecular weight excluding hydrogens is 336 g/mol. The lowest BCUT2D eigenvalue weighted by Gasteiger charge is -2.39.